The Morgan fingerprint density at radius 3 is 2.48 bits per heavy atom. The predicted molar refractivity (Wildman–Crippen MR) is 179 cm³/mol. The molecule has 4 aromatic rings. The molecule has 240 valence electrons. The number of aromatic nitrogens is 2. The van der Waals surface area contributed by atoms with Gasteiger partial charge in [0.2, 0.25) is 23.0 Å². The van der Waals surface area contributed by atoms with E-state index >= 15 is 0 Å². The molecule has 11 nitrogen and oxygen atoms in total. The van der Waals surface area contributed by atoms with Crippen molar-refractivity contribution in [2.45, 2.75) is 45.7 Å². The van der Waals surface area contributed by atoms with Crippen molar-refractivity contribution in [1.82, 2.24) is 15.3 Å². The monoisotopic (exact) mass is 643 g/mol. The third-order valence-corrected chi connectivity index (χ3v) is 8.63. The van der Waals surface area contributed by atoms with Crippen LogP contribution in [-0.2, 0) is 16.0 Å². The first kappa shape index (κ1) is 32.4. The van der Waals surface area contributed by atoms with E-state index in [4.69, 9.17) is 14.2 Å². The van der Waals surface area contributed by atoms with Crippen molar-refractivity contribution >= 4 is 34.0 Å². The molecule has 2 heterocycles. The first-order valence-corrected chi connectivity index (χ1v) is 15.7. The molecule has 0 spiro atoms. The maximum Gasteiger partial charge on any atom is 0.248 e. The number of anilines is 2. The number of fused-ring (bicyclic) bond motifs is 3. The zero-order valence-electron chi connectivity index (χ0n) is 26.6. The first-order chi connectivity index (χ1) is 22.1. The van der Waals surface area contributed by atoms with Crippen LogP contribution in [0.2, 0.25) is 0 Å². The van der Waals surface area contributed by atoms with Crippen LogP contribution in [0.25, 0.3) is 22.4 Å². The van der Waals surface area contributed by atoms with Gasteiger partial charge in [0.1, 0.15) is 6.04 Å². The number of methoxy groups -OCH3 is 3. The highest BCUT2D eigenvalue weighted by molar-refractivity contribution is 7.14. The van der Waals surface area contributed by atoms with Crippen molar-refractivity contribution < 1.29 is 23.8 Å². The Hall–Kier alpha value is -4.97. The van der Waals surface area contributed by atoms with E-state index in [2.05, 4.69) is 25.9 Å². The van der Waals surface area contributed by atoms with Gasteiger partial charge in [-0.3, -0.25) is 19.4 Å². The van der Waals surface area contributed by atoms with E-state index in [1.54, 1.807) is 32.7 Å². The topological polar surface area (TPSA) is 141 Å². The quantitative estimate of drug-likeness (QED) is 0.206. The number of benzene rings is 1. The maximum absolute atomic E-state index is 13.8. The zero-order valence-corrected chi connectivity index (χ0v) is 27.4. The van der Waals surface area contributed by atoms with Crippen molar-refractivity contribution in [2.24, 2.45) is 5.92 Å². The summed E-state index contributed by atoms with van der Waals surface area (Å²) < 4.78 is 17.1. The summed E-state index contributed by atoms with van der Waals surface area (Å²) in [6, 6.07) is 9.45. The lowest BCUT2D eigenvalue weighted by Gasteiger charge is -2.21. The summed E-state index contributed by atoms with van der Waals surface area (Å²) in [6.45, 7) is 5.25. The lowest BCUT2D eigenvalue weighted by molar-refractivity contribution is -0.120. The smallest absolute Gasteiger partial charge is 0.248 e. The Balaban J connectivity index is 1.54. The summed E-state index contributed by atoms with van der Waals surface area (Å²) in [5, 5.41) is 11.4. The summed E-state index contributed by atoms with van der Waals surface area (Å²) in [5.74, 6) is 0.684. The Labute approximate surface area is 271 Å². The fourth-order valence-electron chi connectivity index (χ4n) is 5.69. The first-order valence-electron chi connectivity index (χ1n) is 14.9. The van der Waals surface area contributed by atoms with Gasteiger partial charge < -0.3 is 30.2 Å². The van der Waals surface area contributed by atoms with Gasteiger partial charge in [0.15, 0.2) is 16.6 Å². The second kappa shape index (κ2) is 14.0. The molecule has 0 saturated heterocycles. The molecule has 2 aromatic heterocycles. The van der Waals surface area contributed by atoms with Crippen molar-refractivity contribution in [3.63, 3.8) is 0 Å². The molecule has 0 radical (unpaired) electrons. The Bertz CT molecular complexity index is 1810. The SMILES string of the molecule is COc1cc2c(c(OC)c1OC)-c1ccc(NC(C(=O)Nc3nc(-c4cccnc4)cs3)C(C)C)c(=O)cc1C(NC(C)=O)CC2. The molecular weight excluding hydrogens is 606 g/mol. The van der Waals surface area contributed by atoms with Crippen molar-refractivity contribution in [2.75, 3.05) is 32.0 Å². The number of hydrogen-bond donors (Lipinski definition) is 3. The highest BCUT2D eigenvalue weighted by Gasteiger charge is 2.30. The van der Waals surface area contributed by atoms with Crippen molar-refractivity contribution in [3.05, 3.63) is 75.5 Å². The average molecular weight is 644 g/mol. The highest BCUT2D eigenvalue weighted by Crippen LogP contribution is 2.50. The zero-order chi connectivity index (χ0) is 33.0. The second-order valence-electron chi connectivity index (χ2n) is 11.2. The van der Waals surface area contributed by atoms with E-state index < -0.39 is 12.1 Å². The number of nitrogens with one attached hydrogen (secondary N) is 3. The number of thiazole rings is 1. The summed E-state index contributed by atoms with van der Waals surface area (Å²) in [7, 11) is 4.65. The fourth-order valence-corrected chi connectivity index (χ4v) is 6.41. The highest BCUT2D eigenvalue weighted by atomic mass is 32.1. The summed E-state index contributed by atoms with van der Waals surface area (Å²) in [6.07, 6.45) is 4.52. The van der Waals surface area contributed by atoms with Gasteiger partial charge in [-0.05, 0) is 65.8 Å². The second-order valence-corrected chi connectivity index (χ2v) is 12.1. The van der Waals surface area contributed by atoms with Gasteiger partial charge in [-0.1, -0.05) is 19.9 Å². The van der Waals surface area contributed by atoms with E-state index in [1.165, 1.54) is 31.4 Å². The summed E-state index contributed by atoms with van der Waals surface area (Å²) >= 11 is 1.31. The van der Waals surface area contributed by atoms with Crippen LogP contribution in [0.4, 0.5) is 10.8 Å². The number of amides is 2. The molecule has 3 N–H and O–H groups in total. The number of rotatable bonds is 10. The standard InChI is InChI=1S/C34H37N5O6S/c1-18(2)30(33(42)39-34-38-26(17-46-34)21-8-7-13-35-16-21)37-25-12-10-22-23(15-27(25)41)24(36-19(3)40)11-9-20-14-28(43-4)31(44-5)32(45-6)29(20)22/h7-8,10,12-18,24,30H,9,11H2,1-6H3,(H,36,40)(H,37,41)(H,38,39,42). The van der Waals surface area contributed by atoms with Gasteiger partial charge in [0.25, 0.3) is 0 Å². The molecule has 12 heteroatoms. The van der Waals surface area contributed by atoms with Gasteiger partial charge >= 0.3 is 0 Å². The molecule has 0 saturated carbocycles. The molecule has 5 rings (SSSR count). The van der Waals surface area contributed by atoms with Crippen LogP contribution in [0.1, 0.15) is 44.4 Å². The summed E-state index contributed by atoms with van der Waals surface area (Å²) in [4.78, 5) is 48.3. The van der Waals surface area contributed by atoms with E-state index in [9.17, 15) is 14.4 Å². The van der Waals surface area contributed by atoms with E-state index in [0.717, 1.165) is 16.7 Å². The molecule has 46 heavy (non-hydrogen) atoms. The third-order valence-electron chi connectivity index (χ3n) is 7.87. The Morgan fingerprint density at radius 2 is 1.83 bits per heavy atom. The number of ether oxygens (including phenoxy) is 3. The molecule has 0 fully saturated rings. The van der Waals surface area contributed by atoms with Crippen LogP contribution < -0.4 is 35.6 Å². The van der Waals surface area contributed by atoms with Crippen LogP contribution >= 0.6 is 11.3 Å². The molecule has 2 amide bonds. The van der Waals surface area contributed by atoms with E-state index in [1.807, 2.05) is 43.5 Å². The molecular formula is C34H37N5O6S. The molecule has 1 aliphatic rings. The van der Waals surface area contributed by atoms with Gasteiger partial charge in [0.05, 0.1) is 38.8 Å². The number of pyridine rings is 1. The fraction of sp³-hybridized carbons (Fsp3) is 0.324. The molecule has 0 bridgehead atoms. The van der Waals surface area contributed by atoms with Crippen LogP contribution in [0, 0.1) is 5.92 Å². The minimum atomic E-state index is -0.752. The molecule has 2 aromatic carbocycles. The molecule has 2 atom stereocenters. The predicted octanol–water partition coefficient (Wildman–Crippen LogP) is 5.46. The van der Waals surface area contributed by atoms with Gasteiger partial charge in [-0.25, -0.2) is 4.98 Å². The van der Waals surface area contributed by atoms with Crippen LogP contribution in [0.5, 0.6) is 17.2 Å². The third kappa shape index (κ3) is 6.66. The minimum Gasteiger partial charge on any atom is -0.493 e. The molecule has 2 unspecified atom stereocenters. The lowest BCUT2D eigenvalue weighted by Crippen LogP contribution is -2.39. The summed E-state index contributed by atoms with van der Waals surface area (Å²) in [5.41, 5.74) is 4.46. The number of carbonyl (C=O) groups is 2. The lowest BCUT2D eigenvalue weighted by atomic mass is 9.95. The molecule has 0 aliphatic heterocycles. The largest absolute Gasteiger partial charge is 0.493 e. The van der Waals surface area contributed by atoms with Crippen molar-refractivity contribution in [1.29, 1.82) is 0 Å². The Kier molecular flexibility index (Phi) is 9.86. The number of nitrogens with zero attached hydrogens (tertiary/aromatic N) is 2. The van der Waals surface area contributed by atoms with Crippen molar-refractivity contribution in [3.8, 4) is 39.6 Å². The molecule has 1 aliphatic carbocycles. The maximum atomic E-state index is 13.8. The van der Waals surface area contributed by atoms with E-state index in [0.29, 0.717) is 52.0 Å². The number of carbonyl (C=O) groups excluding carboxylic acids is 2. The van der Waals surface area contributed by atoms with Gasteiger partial charge in [-0.15, -0.1) is 11.3 Å². The average Bonchev–Trinajstić information content (AvgIpc) is 3.38. The number of hydrogen-bond acceptors (Lipinski definition) is 10. The van der Waals surface area contributed by atoms with Crippen LogP contribution in [0.3, 0.4) is 0 Å². The van der Waals surface area contributed by atoms with Gasteiger partial charge in [0, 0.05) is 35.8 Å². The van der Waals surface area contributed by atoms with Crippen LogP contribution in [-0.4, -0.2) is 49.2 Å². The normalized spacial score (nSPS) is 14.3. The minimum absolute atomic E-state index is 0.176. The van der Waals surface area contributed by atoms with Gasteiger partial charge in [-0.2, -0.15) is 0 Å². The number of aryl methyl sites for hydroxylation is 1. The van der Waals surface area contributed by atoms with E-state index in [-0.39, 0.29) is 28.8 Å². The Morgan fingerprint density at radius 1 is 1.04 bits per heavy atom. The van der Waals surface area contributed by atoms with Crippen LogP contribution in [0.15, 0.2) is 59.0 Å².